The summed E-state index contributed by atoms with van der Waals surface area (Å²) < 4.78 is 29.8. The predicted molar refractivity (Wildman–Crippen MR) is 72.8 cm³/mol. The van der Waals surface area contributed by atoms with Gasteiger partial charge in [-0.15, -0.1) is 0 Å². The van der Waals surface area contributed by atoms with Gasteiger partial charge < -0.3 is 0 Å². The third-order valence-corrected chi connectivity index (χ3v) is 3.92. The molecule has 1 N–H and O–H groups in total. The molecule has 0 aliphatic heterocycles. The van der Waals surface area contributed by atoms with E-state index in [-0.39, 0.29) is 5.75 Å². The molecular formula is C13H28O3S. The third kappa shape index (κ3) is 13.8. The minimum Gasteiger partial charge on any atom is -0.286 e. The van der Waals surface area contributed by atoms with E-state index in [1.165, 1.54) is 44.9 Å². The van der Waals surface area contributed by atoms with Crippen LogP contribution >= 0.6 is 0 Å². The predicted octanol–water partition coefficient (Wildman–Crippen LogP) is 4.04. The Balaban J connectivity index is 3.30. The second kappa shape index (κ2) is 9.89. The lowest BCUT2D eigenvalue weighted by molar-refractivity contribution is 0.447. The fourth-order valence-electron chi connectivity index (χ4n) is 1.94. The summed E-state index contributed by atoms with van der Waals surface area (Å²) in [6.45, 7) is 4.28. The van der Waals surface area contributed by atoms with Crippen molar-refractivity contribution in [3.8, 4) is 0 Å². The molecule has 0 aliphatic carbocycles. The Kier molecular flexibility index (Phi) is 9.84. The van der Waals surface area contributed by atoms with Crippen molar-refractivity contribution < 1.29 is 13.0 Å². The Morgan fingerprint density at radius 3 is 2.00 bits per heavy atom. The van der Waals surface area contributed by atoms with Crippen LogP contribution in [0.5, 0.6) is 0 Å². The normalized spacial score (nSPS) is 13.8. The first kappa shape index (κ1) is 16.9. The quantitative estimate of drug-likeness (QED) is 0.452. The number of hydrogen-bond acceptors (Lipinski definition) is 2. The molecule has 1 atom stereocenters. The molecule has 17 heavy (non-hydrogen) atoms. The van der Waals surface area contributed by atoms with Crippen LogP contribution in [0.15, 0.2) is 0 Å². The highest BCUT2D eigenvalue weighted by Gasteiger charge is 2.08. The van der Waals surface area contributed by atoms with E-state index >= 15 is 0 Å². The summed E-state index contributed by atoms with van der Waals surface area (Å²) >= 11 is 0. The lowest BCUT2D eigenvalue weighted by atomic mass is 10.00. The Bertz CT molecular complexity index is 260. The van der Waals surface area contributed by atoms with E-state index in [4.69, 9.17) is 4.55 Å². The van der Waals surface area contributed by atoms with E-state index in [0.29, 0.717) is 12.3 Å². The fraction of sp³-hybridized carbons (Fsp3) is 1.00. The minimum atomic E-state index is -3.76. The van der Waals surface area contributed by atoms with E-state index in [1.54, 1.807) is 0 Å². The molecule has 0 saturated heterocycles. The summed E-state index contributed by atoms with van der Waals surface area (Å²) in [6, 6.07) is 0. The molecule has 3 nitrogen and oxygen atoms in total. The molecule has 0 spiro atoms. The summed E-state index contributed by atoms with van der Waals surface area (Å²) in [5, 5.41) is 0. The number of hydrogen-bond donors (Lipinski definition) is 1. The van der Waals surface area contributed by atoms with Gasteiger partial charge in [-0.25, -0.2) is 0 Å². The zero-order valence-corrected chi connectivity index (χ0v) is 12.1. The monoisotopic (exact) mass is 264 g/mol. The molecule has 0 aromatic rings. The first-order valence-corrected chi connectivity index (χ1v) is 8.51. The molecule has 0 saturated carbocycles. The summed E-state index contributed by atoms with van der Waals surface area (Å²) in [5.74, 6) is 0.303. The number of rotatable bonds is 11. The zero-order chi connectivity index (χ0) is 13.1. The molecule has 0 amide bonds. The summed E-state index contributed by atoms with van der Waals surface area (Å²) in [7, 11) is -3.76. The Morgan fingerprint density at radius 1 is 0.941 bits per heavy atom. The van der Waals surface area contributed by atoms with Crippen molar-refractivity contribution in [3.63, 3.8) is 0 Å². The van der Waals surface area contributed by atoms with Gasteiger partial charge in [0.25, 0.3) is 10.1 Å². The first-order chi connectivity index (χ1) is 7.95. The number of unbranched alkanes of at least 4 members (excludes halogenated alkanes) is 6. The van der Waals surface area contributed by atoms with Gasteiger partial charge in [-0.2, -0.15) is 8.42 Å². The van der Waals surface area contributed by atoms with Crippen molar-refractivity contribution in [2.75, 3.05) is 5.75 Å². The zero-order valence-electron chi connectivity index (χ0n) is 11.3. The van der Waals surface area contributed by atoms with Crippen molar-refractivity contribution >= 4 is 10.1 Å². The van der Waals surface area contributed by atoms with Gasteiger partial charge in [0.15, 0.2) is 0 Å². The maximum absolute atomic E-state index is 10.6. The van der Waals surface area contributed by atoms with Crippen LogP contribution in [0.25, 0.3) is 0 Å². The molecular weight excluding hydrogens is 236 g/mol. The molecule has 0 aromatic carbocycles. The summed E-state index contributed by atoms with van der Waals surface area (Å²) in [4.78, 5) is 0. The van der Waals surface area contributed by atoms with Crippen LogP contribution < -0.4 is 0 Å². The molecule has 4 heteroatoms. The maximum atomic E-state index is 10.6. The minimum absolute atomic E-state index is 0.0926. The first-order valence-electron chi connectivity index (χ1n) is 6.91. The van der Waals surface area contributed by atoms with Crippen LogP contribution in [0, 0.1) is 5.92 Å². The summed E-state index contributed by atoms with van der Waals surface area (Å²) in [5.41, 5.74) is 0. The van der Waals surface area contributed by atoms with Gasteiger partial charge in [0.2, 0.25) is 0 Å². The van der Waals surface area contributed by atoms with Crippen LogP contribution in [0.1, 0.15) is 71.6 Å². The van der Waals surface area contributed by atoms with Crippen molar-refractivity contribution in [1.29, 1.82) is 0 Å². The highest BCUT2D eigenvalue weighted by atomic mass is 32.2. The lowest BCUT2D eigenvalue weighted by Crippen LogP contribution is -2.08. The Morgan fingerprint density at radius 2 is 1.47 bits per heavy atom. The van der Waals surface area contributed by atoms with Crippen molar-refractivity contribution in [1.82, 2.24) is 0 Å². The topological polar surface area (TPSA) is 54.4 Å². The van der Waals surface area contributed by atoms with Crippen LogP contribution in [-0.4, -0.2) is 18.7 Å². The van der Waals surface area contributed by atoms with Crippen LogP contribution in [0.4, 0.5) is 0 Å². The highest BCUT2D eigenvalue weighted by Crippen LogP contribution is 2.15. The fourth-order valence-corrected chi connectivity index (χ4v) is 2.64. The van der Waals surface area contributed by atoms with Gasteiger partial charge in [-0.3, -0.25) is 4.55 Å². The summed E-state index contributed by atoms with van der Waals surface area (Å²) in [6.07, 6.45) is 10.7. The molecule has 0 radical (unpaired) electrons. The lowest BCUT2D eigenvalue weighted by Gasteiger charge is -2.09. The van der Waals surface area contributed by atoms with Gasteiger partial charge in [-0.05, 0) is 12.3 Å². The molecule has 0 fully saturated rings. The van der Waals surface area contributed by atoms with Gasteiger partial charge >= 0.3 is 0 Å². The van der Waals surface area contributed by atoms with Crippen LogP contribution in [-0.2, 0) is 10.1 Å². The Hall–Kier alpha value is -0.0900. The average molecular weight is 264 g/mol. The molecule has 1 unspecified atom stereocenters. The highest BCUT2D eigenvalue weighted by molar-refractivity contribution is 7.85. The van der Waals surface area contributed by atoms with E-state index in [0.717, 1.165) is 6.42 Å². The van der Waals surface area contributed by atoms with Crippen molar-refractivity contribution in [2.24, 2.45) is 5.92 Å². The smallest absolute Gasteiger partial charge is 0.264 e. The van der Waals surface area contributed by atoms with E-state index in [1.807, 2.05) is 0 Å². The van der Waals surface area contributed by atoms with Gasteiger partial charge in [0.1, 0.15) is 0 Å². The Labute approximate surface area is 107 Å². The van der Waals surface area contributed by atoms with Crippen molar-refractivity contribution in [2.45, 2.75) is 71.6 Å². The SMILES string of the molecule is CCCCCCCCCC(C)CCS(=O)(=O)O. The van der Waals surface area contributed by atoms with E-state index in [9.17, 15) is 8.42 Å². The maximum Gasteiger partial charge on any atom is 0.264 e. The largest absolute Gasteiger partial charge is 0.286 e. The molecule has 0 rings (SSSR count). The van der Waals surface area contributed by atoms with Crippen LogP contribution in [0.2, 0.25) is 0 Å². The van der Waals surface area contributed by atoms with Crippen LogP contribution in [0.3, 0.4) is 0 Å². The average Bonchev–Trinajstić information content (AvgIpc) is 2.24. The van der Waals surface area contributed by atoms with Gasteiger partial charge in [0, 0.05) is 0 Å². The van der Waals surface area contributed by atoms with E-state index in [2.05, 4.69) is 13.8 Å². The molecule has 0 bridgehead atoms. The second-order valence-electron chi connectivity index (χ2n) is 5.09. The van der Waals surface area contributed by atoms with Gasteiger partial charge in [-0.1, -0.05) is 65.2 Å². The third-order valence-electron chi connectivity index (χ3n) is 3.17. The molecule has 0 aliphatic rings. The second-order valence-corrected chi connectivity index (χ2v) is 6.66. The molecule has 0 aromatic heterocycles. The van der Waals surface area contributed by atoms with Gasteiger partial charge in [0.05, 0.1) is 5.75 Å². The van der Waals surface area contributed by atoms with E-state index < -0.39 is 10.1 Å². The van der Waals surface area contributed by atoms with Crippen molar-refractivity contribution in [3.05, 3.63) is 0 Å². The molecule has 0 heterocycles. The standard InChI is InChI=1S/C13H28O3S/c1-3-4-5-6-7-8-9-10-13(2)11-12-17(14,15)16/h13H,3-12H2,1-2H3,(H,14,15,16). The molecule has 104 valence electrons.